The van der Waals surface area contributed by atoms with Crippen molar-refractivity contribution >= 4 is 17.5 Å². The molecule has 1 saturated heterocycles. The topological polar surface area (TPSA) is 49.8 Å². The van der Waals surface area contributed by atoms with E-state index in [2.05, 4.69) is 0 Å². The molecule has 1 amide bonds. The van der Waals surface area contributed by atoms with Crippen LogP contribution in [0.2, 0.25) is 0 Å². The summed E-state index contributed by atoms with van der Waals surface area (Å²) in [5.74, 6) is 0.650. The van der Waals surface area contributed by atoms with Gasteiger partial charge in [0.25, 0.3) is 0 Å². The van der Waals surface area contributed by atoms with Gasteiger partial charge in [-0.1, -0.05) is 12.1 Å². The SMILES string of the molecule is COc1cccc(C2(O)CCN(C(=O)CCl)CC2)c1. The van der Waals surface area contributed by atoms with E-state index in [-0.39, 0.29) is 11.8 Å². The van der Waals surface area contributed by atoms with Gasteiger partial charge in [-0.25, -0.2) is 0 Å². The van der Waals surface area contributed by atoms with Crippen LogP contribution in [-0.4, -0.2) is 42.0 Å². The number of aliphatic hydroxyl groups is 1. The second-order valence-electron chi connectivity index (χ2n) is 4.78. The molecule has 0 bridgehead atoms. The Morgan fingerprint density at radius 3 is 2.74 bits per heavy atom. The molecule has 1 heterocycles. The van der Waals surface area contributed by atoms with Gasteiger partial charge in [0, 0.05) is 13.1 Å². The molecule has 1 fully saturated rings. The molecule has 1 aromatic carbocycles. The number of ether oxygens (including phenoxy) is 1. The summed E-state index contributed by atoms with van der Waals surface area (Å²) in [5.41, 5.74) is -0.0534. The molecule has 104 valence electrons. The summed E-state index contributed by atoms with van der Waals surface area (Å²) in [6, 6.07) is 7.45. The molecule has 1 aliphatic rings. The Kier molecular flexibility index (Phi) is 4.32. The van der Waals surface area contributed by atoms with Crippen LogP contribution in [0.15, 0.2) is 24.3 Å². The van der Waals surface area contributed by atoms with E-state index >= 15 is 0 Å². The van der Waals surface area contributed by atoms with Gasteiger partial charge in [-0.3, -0.25) is 4.79 Å². The summed E-state index contributed by atoms with van der Waals surface area (Å²) >= 11 is 5.54. The molecule has 1 aliphatic heterocycles. The molecule has 0 aromatic heterocycles. The lowest BCUT2D eigenvalue weighted by Crippen LogP contribution is -2.45. The Labute approximate surface area is 117 Å². The monoisotopic (exact) mass is 283 g/mol. The van der Waals surface area contributed by atoms with E-state index in [1.165, 1.54) is 0 Å². The molecule has 0 atom stereocenters. The van der Waals surface area contributed by atoms with Gasteiger partial charge in [-0.15, -0.1) is 11.6 Å². The molecule has 4 nitrogen and oxygen atoms in total. The first-order valence-corrected chi connectivity index (χ1v) is 6.83. The lowest BCUT2D eigenvalue weighted by atomic mass is 9.84. The Morgan fingerprint density at radius 1 is 1.47 bits per heavy atom. The number of piperidine rings is 1. The van der Waals surface area contributed by atoms with Crippen molar-refractivity contribution in [2.75, 3.05) is 26.1 Å². The smallest absolute Gasteiger partial charge is 0.237 e. The summed E-state index contributed by atoms with van der Waals surface area (Å²) in [6.45, 7) is 1.05. The number of likely N-dealkylation sites (tertiary alicyclic amines) is 1. The average Bonchev–Trinajstić information content (AvgIpc) is 2.47. The predicted molar refractivity (Wildman–Crippen MR) is 73.4 cm³/mol. The fourth-order valence-corrected chi connectivity index (χ4v) is 2.58. The molecule has 1 N–H and O–H groups in total. The zero-order chi connectivity index (χ0) is 13.9. The van der Waals surface area contributed by atoms with Crippen LogP contribution in [0.3, 0.4) is 0 Å². The van der Waals surface area contributed by atoms with E-state index in [1.54, 1.807) is 12.0 Å². The van der Waals surface area contributed by atoms with Crippen LogP contribution < -0.4 is 4.74 Å². The summed E-state index contributed by atoms with van der Waals surface area (Å²) < 4.78 is 5.17. The fourth-order valence-electron chi connectivity index (χ4n) is 2.41. The van der Waals surface area contributed by atoms with Gasteiger partial charge in [0.05, 0.1) is 12.7 Å². The molecular formula is C14H18ClNO3. The minimum absolute atomic E-state index is 0.00239. The molecule has 5 heteroatoms. The van der Waals surface area contributed by atoms with Gasteiger partial charge in [0.1, 0.15) is 11.6 Å². The Bertz CT molecular complexity index is 456. The highest BCUT2D eigenvalue weighted by Crippen LogP contribution is 2.34. The van der Waals surface area contributed by atoms with Crippen LogP contribution in [-0.2, 0) is 10.4 Å². The van der Waals surface area contributed by atoms with Crippen molar-refractivity contribution in [2.45, 2.75) is 18.4 Å². The zero-order valence-corrected chi connectivity index (χ0v) is 11.7. The molecule has 0 unspecified atom stereocenters. The van der Waals surface area contributed by atoms with E-state index in [0.717, 1.165) is 11.3 Å². The molecule has 0 spiro atoms. The van der Waals surface area contributed by atoms with Crippen molar-refractivity contribution in [3.05, 3.63) is 29.8 Å². The van der Waals surface area contributed by atoms with E-state index < -0.39 is 5.60 Å². The van der Waals surface area contributed by atoms with Gasteiger partial charge < -0.3 is 14.7 Å². The molecule has 19 heavy (non-hydrogen) atoms. The first-order valence-electron chi connectivity index (χ1n) is 6.30. The van der Waals surface area contributed by atoms with E-state index in [9.17, 15) is 9.90 Å². The third-order valence-electron chi connectivity index (χ3n) is 3.66. The molecule has 0 saturated carbocycles. The number of nitrogens with zero attached hydrogens (tertiary/aromatic N) is 1. The molecular weight excluding hydrogens is 266 g/mol. The second-order valence-corrected chi connectivity index (χ2v) is 5.05. The predicted octanol–water partition coefficient (Wildman–Crippen LogP) is 1.74. The van der Waals surface area contributed by atoms with Crippen molar-refractivity contribution < 1.29 is 14.6 Å². The van der Waals surface area contributed by atoms with Crippen LogP contribution in [0.4, 0.5) is 0 Å². The van der Waals surface area contributed by atoms with Crippen LogP contribution in [0.25, 0.3) is 0 Å². The maximum Gasteiger partial charge on any atom is 0.237 e. The van der Waals surface area contributed by atoms with Crippen LogP contribution >= 0.6 is 11.6 Å². The maximum atomic E-state index is 11.5. The van der Waals surface area contributed by atoms with Crippen molar-refractivity contribution in [3.8, 4) is 5.75 Å². The van der Waals surface area contributed by atoms with E-state index in [1.807, 2.05) is 24.3 Å². The Balaban J connectivity index is 2.10. The first-order chi connectivity index (χ1) is 9.09. The van der Waals surface area contributed by atoms with Gasteiger partial charge in [0.2, 0.25) is 5.91 Å². The van der Waals surface area contributed by atoms with Gasteiger partial charge in [0.15, 0.2) is 0 Å². The highest BCUT2D eigenvalue weighted by Gasteiger charge is 2.35. The first kappa shape index (κ1) is 14.2. The normalized spacial score (nSPS) is 18.2. The number of alkyl halides is 1. The highest BCUT2D eigenvalue weighted by atomic mass is 35.5. The van der Waals surface area contributed by atoms with Crippen LogP contribution in [0.5, 0.6) is 5.75 Å². The largest absolute Gasteiger partial charge is 0.497 e. The number of methoxy groups -OCH3 is 1. The molecule has 0 radical (unpaired) electrons. The van der Waals surface area contributed by atoms with Crippen molar-refractivity contribution in [2.24, 2.45) is 0 Å². The van der Waals surface area contributed by atoms with Gasteiger partial charge in [-0.05, 0) is 30.5 Å². The Morgan fingerprint density at radius 2 is 2.16 bits per heavy atom. The zero-order valence-electron chi connectivity index (χ0n) is 10.9. The van der Waals surface area contributed by atoms with E-state index in [4.69, 9.17) is 16.3 Å². The summed E-state index contributed by atoms with van der Waals surface area (Å²) in [6.07, 6.45) is 1.03. The van der Waals surface area contributed by atoms with Crippen molar-refractivity contribution in [1.29, 1.82) is 0 Å². The number of halogens is 1. The van der Waals surface area contributed by atoms with Crippen molar-refractivity contribution in [3.63, 3.8) is 0 Å². The lowest BCUT2D eigenvalue weighted by molar-refractivity contribution is -0.133. The maximum absolute atomic E-state index is 11.5. The second kappa shape index (κ2) is 5.80. The number of carbonyl (C=O) groups is 1. The highest BCUT2D eigenvalue weighted by molar-refractivity contribution is 6.27. The number of rotatable bonds is 3. The standard InChI is InChI=1S/C14H18ClNO3/c1-19-12-4-2-3-11(9-12)14(18)5-7-16(8-6-14)13(17)10-15/h2-4,9,18H,5-8,10H2,1H3. The fraction of sp³-hybridized carbons (Fsp3) is 0.500. The summed E-state index contributed by atoms with van der Waals surface area (Å²) in [5, 5.41) is 10.7. The van der Waals surface area contributed by atoms with Gasteiger partial charge >= 0.3 is 0 Å². The number of amides is 1. The molecule has 1 aromatic rings. The minimum atomic E-state index is -0.891. The molecule has 2 rings (SSSR count). The molecule has 0 aliphatic carbocycles. The number of benzene rings is 1. The number of hydrogen-bond acceptors (Lipinski definition) is 3. The van der Waals surface area contributed by atoms with E-state index in [0.29, 0.717) is 25.9 Å². The lowest BCUT2D eigenvalue weighted by Gasteiger charge is -2.38. The Hall–Kier alpha value is -1.26. The summed E-state index contributed by atoms with van der Waals surface area (Å²) in [7, 11) is 1.60. The van der Waals surface area contributed by atoms with Crippen LogP contribution in [0, 0.1) is 0 Å². The minimum Gasteiger partial charge on any atom is -0.497 e. The van der Waals surface area contributed by atoms with Gasteiger partial charge in [-0.2, -0.15) is 0 Å². The average molecular weight is 284 g/mol. The summed E-state index contributed by atoms with van der Waals surface area (Å²) in [4.78, 5) is 13.2. The quantitative estimate of drug-likeness (QED) is 0.860. The van der Waals surface area contributed by atoms with Crippen LogP contribution in [0.1, 0.15) is 18.4 Å². The van der Waals surface area contributed by atoms with Crippen molar-refractivity contribution in [1.82, 2.24) is 4.90 Å². The number of carbonyl (C=O) groups excluding carboxylic acids is 1. The third-order valence-corrected chi connectivity index (χ3v) is 3.89. The number of hydrogen-bond donors (Lipinski definition) is 1. The third kappa shape index (κ3) is 3.01.